The number of ether oxygens (including phenoxy) is 2. The van der Waals surface area contributed by atoms with Gasteiger partial charge in [0.25, 0.3) is 0 Å². The minimum atomic E-state index is -0.219. The van der Waals surface area contributed by atoms with Gasteiger partial charge >= 0.3 is 5.97 Å². The number of nitrogens with zero attached hydrogens (tertiary/aromatic N) is 1. The summed E-state index contributed by atoms with van der Waals surface area (Å²) in [6.07, 6.45) is 5.97. The number of carbonyl (C=O) groups excluding carboxylic acids is 1. The van der Waals surface area contributed by atoms with Crippen molar-refractivity contribution in [3.8, 4) is 0 Å². The second-order valence-corrected chi connectivity index (χ2v) is 7.90. The van der Waals surface area contributed by atoms with Crippen molar-refractivity contribution in [1.29, 1.82) is 0 Å². The molecule has 3 rings (SSSR count). The highest BCUT2D eigenvalue weighted by atomic mass is 16.6. The van der Waals surface area contributed by atoms with Crippen LogP contribution in [-0.4, -0.2) is 71.7 Å². The summed E-state index contributed by atoms with van der Waals surface area (Å²) in [7, 11) is 0. The summed E-state index contributed by atoms with van der Waals surface area (Å²) in [5, 5.41) is 18.5. The van der Waals surface area contributed by atoms with Gasteiger partial charge in [-0.3, -0.25) is 9.69 Å². The molecule has 2 aliphatic heterocycles. The molecule has 0 spiro atoms. The zero-order chi connectivity index (χ0) is 18.0. The fourth-order valence-electron chi connectivity index (χ4n) is 4.40. The molecule has 5 atom stereocenters. The van der Waals surface area contributed by atoms with Gasteiger partial charge in [-0.15, -0.1) is 0 Å². The third-order valence-electron chi connectivity index (χ3n) is 6.03. The molecule has 0 amide bonds. The van der Waals surface area contributed by atoms with Gasteiger partial charge in [0.15, 0.2) is 0 Å². The molecule has 0 radical (unpaired) electrons. The topological polar surface area (TPSA) is 82.5 Å². The number of epoxide rings is 1. The second kappa shape index (κ2) is 7.74. The number of carbonyl (C=O) groups is 1. The van der Waals surface area contributed by atoms with Crippen LogP contribution >= 0.6 is 0 Å². The minimum absolute atomic E-state index is 0.00221. The molecule has 2 N–H and O–H groups in total. The van der Waals surface area contributed by atoms with Gasteiger partial charge in [-0.1, -0.05) is 11.6 Å². The average Bonchev–Trinajstić information content (AvgIpc) is 3.13. The first kappa shape index (κ1) is 18.8. The second-order valence-electron chi connectivity index (χ2n) is 7.90. The smallest absolute Gasteiger partial charge is 0.311 e. The number of fused-ring (bicyclic) bond motifs is 3. The molecule has 2 saturated heterocycles. The summed E-state index contributed by atoms with van der Waals surface area (Å²) in [6.45, 7) is 5.73. The first-order valence-electron chi connectivity index (χ1n) is 9.46. The van der Waals surface area contributed by atoms with Crippen LogP contribution in [0, 0.1) is 11.8 Å². The molecule has 2 heterocycles. The van der Waals surface area contributed by atoms with E-state index in [1.165, 1.54) is 5.57 Å². The maximum absolute atomic E-state index is 12.6. The molecule has 0 aromatic heterocycles. The summed E-state index contributed by atoms with van der Waals surface area (Å²) in [6, 6.07) is 0. The Morgan fingerprint density at radius 1 is 1.32 bits per heavy atom. The zero-order valence-electron chi connectivity index (χ0n) is 15.3. The average molecular weight is 353 g/mol. The molecule has 142 valence electrons. The Morgan fingerprint density at radius 3 is 2.72 bits per heavy atom. The van der Waals surface area contributed by atoms with Gasteiger partial charge in [0.2, 0.25) is 0 Å². The molecule has 25 heavy (non-hydrogen) atoms. The van der Waals surface area contributed by atoms with Gasteiger partial charge in [0.05, 0.1) is 24.7 Å². The molecule has 0 saturated carbocycles. The molecule has 6 heteroatoms. The van der Waals surface area contributed by atoms with Crippen molar-refractivity contribution in [1.82, 2.24) is 4.90 Å². The first-order chi connectivity index (χ1) is 12.0. The predicted octanol–water partition coefficient (Wildman–Crippen LogP) is 1.11. The van der Waals surface area contributed by atoms with Gasteiger partial charge in [0.1, 0.15) is 12.2 Å². The number of rotatable bonds is 6. The van der Waals surface area contributed by atoms with Crippen LogP contribution in [0.4, 0.5) is 0 Å². The van der Waals surface area contributed by atoms with Gasteiger partial charge in [-0.25, -0.2) is 0 Å². The molecular formula is C19H31NO5. The summed E-state index contributed by atoms with van der Waals surface area (Å²) in [4.78, 5) is 14.5. The standard InChI is InChI=1S/C19H31NO5/c1-13-4-3-7-19(2)17(25-19)16-14(6-5-13)15(18(23)24-16)12-20(8-10-21)9-11-22/h4,14-17,21-22H,3,5-12H2,1-2H3. The van der Waals surface area contributed by atoms with Gasteiger partial charge in [-0.2, -0.15) is 0 Å². The molecule has 0 bridgehead atoms. The number of esters is 1. The van der Waals surface area contributed by atoms with Crippen molar-refractivity contribution in [2.45, 2.75) is 57.3 Å². The Kier molecular flexibility index (Phi) is 5.83. The molecule has 1 aliphatic carbocycles. The quantitative estimate of drug-likeness (QED) is 0.423. The van der Waals surface area contributed by atoms with Crippen molar-refractivity contribution in [3.05, 3.63) is 11.6 Å². The van der Waals surface area contributed by atoms with E-state index in [1.54, 1.807) is 0 Å². The van der Waals surface area contributed by atoms with E-state index >= 15 is 0 Å². The van der Waals surface area contributed by atoms with Crippen molar-refractivity contribution >= 4 is 5.97 Å². The van der Waals surface area contributed by atoms with Crippen LogP contribution in [0.1, 0.15) is 39.5 Å². The fourth-order valence-corrected chi connectivity index (χ4v) is 4.40. The molecule has 0 aromatic rings. The third kappa shape index (κ3) is 4.08. The molecule has 0 aromatic carbocycles. The van der Waals surface area contributed by atoms with Crippen molar-refractivity contribution in [2.75, 3.05) is 32.8 Å². The monoisotopic (exact) mass is 353 g/mol. The number of allylic oxidation sites excluding steroid dienone is 2. The highest BCUT2D eigenvalue weighted by molar-refractivity contribution is 5.75. The van der Waals surface area contributed by atoms with Crippen molar-refractivity contribution < 1.29 is 24.5 Å². The van der Waals surface area contributed by atoms with Crippen LogP contribution < -0.4 is 0 Å². The maximum atomic E-state index is 12.6. The highest BCUT2D eigenvalue weighted by Gasteiger charge is 2.62. The lowest BCUT2D eigenvalue weighted by molar-refractivity contribution is -0.145. The first-order valence-corrected chi connectivity index (χ1v) is 9.46. The minimum Gasteiger partial charge on any atom is -0.459 e. The fraction of sp³-hybridized carbons (Fsp3) is 0.842. The number of hydrogen-bond acceptors (Lipinski definition) is 6. The van der Waals surface area contributed by atoms with E-state index in [0.717, 1.165) is 25.7 Å². The molecule has 6 nitrogen and oxygen atoms in total. The van der Waals surface area contributed by atoms with E-state index in [4.69, 9.17) is 9.47 Å². The van der Waals surface area contributed by atoms with Crippen molar-refractivity contribution in [3.63, 3.8) is 0 Å². The maximum Gasteiger partial charge on any atom is 0.311 e. The zero-order valence-corrected chi connectivity index (χ0v) is 15.3. The Labute approximate surface area is 149 Å². The summed E-state index contributed by atoms with van der Waals surface area (Å²) in [5.41, 5.74) is 1.18. The largest absolute Gasteiger partial charge is 0.459 e. The highest BCUT2D eigenvalue weighted by Crippen LogP contribution is 2.50. The van der Waals surface area contributed by atoms with E-state index in [1.807, 2.05) is 4.90 Å². The van der Waals surface area contributed by atoms with E-state index in [0.29, 0.717) is 19.6 Å². The molecule has 2 fully saturated rings. The molecule has 5 unspecified atom stereocenters. The van der Waals surface area contributed by atoms with Gasteiger partial charge in [-0.05, 0) is 39.5 Å². The van der Waals surface area contributed by atoms with E-state index in [9.17, 15) is 15.0 Å². The van der Waals surface area contributed by atoms with Crippen molar-refractivity contribution in [2.24, 2.45) is 11.8 Å². The van der Waals surface area contributed by atoms with Crippen LogP contribution in [0.3, 0.4) is 0 Å². The Morgan fingerprint density at radius 2 is 2.04 bits per heavy atom. The Balaban J connectivity index is 1.77. The lowest BCUT2D eigenvalue weighted by atomic mass is 9.80. The molecular weight excluding hydrogens is 322 g/mol. The lowest BCUT2D eigenvalue weighted by Gasteiger charge is -2.27. The number of aliphatic hydroxyl groups is 2. The Bertz CT molecular complexity index is 516. The Hall–Kier alpha value is -0.950. The molecule has 3 aliphatic rings. The number of hydrogen-bond donors (Lipinski definition) is 2. The predicted molar refractivity (Wildman–Crippen MR) is 93.0 cm³/mol. The van der Waals surface area contributed by atoms with E-state index < -0.39 is 0 Å². The lowest BCUT2D eigenvalue weighted by Crippen LogP contribution is -2.39. The van der Waals surface area contributed by atoms with Crippen LogP contribution in [0.5, 0.6) is 0 Å². The van der Waals surface area contributed by atoms with E-state index in [-0.39, 0.29) is 48.8 Å². The van der Waals surface area contributed by atoms with Gasteiger partial charge in [0, 0.05) is 25.6 Å². The van der Waals surface area contributed by atoms with Crippen LogP contribution in [0.15, 0.2) is 11.6 Å². The summed E-state index contributed by atoms with van der Waals surface area (Å²) in [5.74, 6) is -0.251. The van der Waals surface area contributed by atoms with Crippen LogP contribution in [-0.2, 0) is 14.3 Å². The normalized spacial score (nSPS) is 38.0. The summed E-state index contributed by atoms with van der Waals surface area (Å²) >= 11 is 0. The number of aliphatic hydroxyl groups excluding tert-OH is 2. The van der Waals surface area contributed by atoms with E-state index in [2.05, 4.69) is 19.9 Å². The van der Waals surface area contributed by atoms with Crippen LogP contribution in [0.2, 0.25) is 0 Å². The third-order valence-corrected chi connectivity index (χ3v) is 6.03. The summed E-state index contributed by atoms with van der Waals surface area (Å²) < 4.78 is 11.8. The SMILES string of the molecule is CC1=CCCC2(C)OC2C2OC(=O)C(CN(CCO)CCO)C2CC1. The van der Waals surface area contributed by atoms with Gasteiger partial charge < -0.3 is 19.7 Å². The van der Waals surface area contributed by atoms with Crippen LogP contribution in [0.25, 0.3) is 0 Å².